The molecule has 0 N–H and O–H groups in total. The number of benzene rings is 1. The highest BCUT2D eigenvalue weighted by Crippen LogP contribution is 2.23. The molecule has 1 aromatic heterocycles. The zero-order chi connectivity index (χ0) is 17.8. The maximum absolute atomic E-state index is 12.0. The summed E-state index contributed by atoms with van der Waals surface area (Å²) >= 11 is 0. The molecule has 2 fully saturated rings. The van der Waals surface area contributed by atoms with Gasteiger partial charge < -0.3 is 4.42 Å². The molecule has 2 aromatic rings. The summed E-state index contributed by atoms with van der Waals surface area (Å²) in [6.07, 6.45) is 11.3. The van der Waals surface area contributed by atoms with Crippen LogP contribution >= 0.6 is 0 Å². The van der Waals surface area contributed by atoms with Crippen LogP contribution in [-0.4, -0.2) is 53.1 Å². The van der Waals surface area contributed by atoms with E-state index in [-0.39, 0.29) is 5.76 Å². The summed E-state index contributed by atoms with van der Waals surface area (Å²) in [5, 5.41) is 0. The summed E-state index contributed by atoms with van der Waals surface area (Å²) < 4.78 is 6.96. The van der Waals surface area contributed by atoms with Crippen molar-refractivity contribution in [3.8, 4) is 0 Å². The van der Waals surface area contributed by atoms with Gasteiger partial charge in [-0.15, -0.1) is 0 Å². The first-order chi connectivity index (χ1) is 12.8. The van der Waals surface area contributed by atoms with Crippen molar-refractivity contribution < 1.29 is 4.42 Å². The van der Waals surface area contributed by atoms with Gasteiger partial charge in [0.15, 0.2) is 5.58 Å². The second-order valence-corrected chi connectivity index (χ2v) is 7.55. The minimum atomic E-state index is -0.281. The lowest BCUT2D eigenvalue weighted by molar-refractivity contribution is 0.0846. The van der Waals surface area contributed by atoms with Gasteiger partial charge in [0.25, 0.3) is 0 Å². The zero-order valence-corrected chi connectivity index (χ0v) is 15.5. The van der Waals surface area contributed by atoms with E-state index in [1.807, 2.05) is 24.3 Å². The molecule has 1 saturated heterocycles. The van der Waals surface area contributed by atoms with E-state index in [2.05, 4.69) is 22.0 Å². The van der Waals surface area contributed by atoms with Crippen LogP contribution in [0.1, 0.15) is 32.1 Å². The minimum Gasteiger partial charge on any atom is -0.408 e. The van der Waals surface area contributed by atoms with Gasteiger partial charge in [-0.25, -0.2) is 4.79 Å². The van der Waals surface area contributed by atoms with Crippen molar-refractivity contribution in [1.82, 2.24) is 14.4 Å². The number of piperazine rings is 1. The number of allylic oxidation sites excluding steroid dienone is 1. The lowest BCUT2D eigenvalue weighted by Crippen LogP contribution is -2.50. The lowest BCUT2D eigenvalue weighted by atomic mass is 9.94. The molecule has 4 rings (SSSR count). The Kier molecular flexibility index (Phi) is 5.56. The van der Waals surface area contributed by atoms with Crippen molar-refractivity contribution >= 4 is 11.1 Å². The first kappa shape index (κ1) is 17.6. The smallest absolute Gasteiger partial charge is 0.408 e. The van der Waals surface area contributed by atoms with Gasteiger partial charge in [-0.1, -0.05) is 43.5 Å². The molecule has 2 heterocycles. The standard InChI is InChI=1S/C21H29N3O2/c25-21-24(19-10-4-5-11-20(19)26-21)13-7-6-12-22-14-16-23(17-15-22)18-8-2-1-3-9-18/h4-7,10-11,18H,1-3,8-9,12-17H2. The van der Waals surface area contributed by atoms with Crippen molar-refractivity contribution in [1.29, 1.82) is 0 Å². The number of fused-ring (bicyclic) bond motifs is 1. The van der Waals surface area contributed by atoms with E-state index in [0.717, 1.165) is 31.2 Å². The van der Waals surface area contributed by atoms with Crippen LogP contribution in [0.25, 0.3) is 11.1 Å². The molecule has 1 aliphatic carbocycles. The Morgan fingerprint density at radius 1 is 0.962 bits per heavy atom. The second-order valence-electron chi connectivity index (χ2n) is 7.55. The van der Waals surface area contributed by atoms with E-state index in [0.29, 0.717) is 12.1 Å². The molecule has 0 atom stereocenters. The van der Waals surface area contributed by atoms with Crippen LogP contribution < -0.4 is 5.76 Å². The molecule has 1 aliphatic heterocycles. The predicted octanol–water partition coefficient (Wildman–Crippen LogP) is 3.10. The number of rotatable bonds is 5. The van der Waals surface area contributed by atoms with Gasteiger partial charge in [0, 0.05) is 45.3 Å². The van der Waals surface area contributed by atoms with E-state index >= 15 is 0 Å². The molecule has 0 radical (unpaired) electrons. The fraction of sp³-hybridized carbons (Fsp3) is 0.571. The number of para-hydroxylation sites is 2. The Hall–Kier alpha value is -1.85. The third kappa shape index (κ3) is 3.94. The molecule has 5 nitrogen and oxygen atoms in total. The first-order valence-electron chi connectivity index (χ1n) is 10.0. The van der Waals surface area contributed by atoms with Crippen LogP contribution in [0.5, 0.6) is 0 Å². The predicted molar refractivity (Wildman–Crippen MR) is 105 cm³/mol. The maximum Gasteiger partial charge on any atom is 0.420 e. The number of nitrogens with zero attached hydrogens (tertiary/aromatic N) is 3. The average molecular weight is 355 g/mol. The van der Waals surface area contributed by atoms with E-state index in [1.54, 1.807) is 4.57 Å². The quantitative estimate of drug-likeness (QED) is 0.773. The summed E-state index contributed by atoms with van der Waals surface area (Å²) in [7, 11) is 0. The van der Waals surface area contributed by atoms with Crippen molar-refractivity contribution in [2.75, 3.05) is 32.7 Å². The fourth-order valence-corrected chi connectivity index (χ4v) is 4.35. The van der Waals surface area contributed by atoms with Crippen LogP contribution in [-0.2, 0) is 6.54 Å². The average Bonchev–Trinajstić information content (AvgIpc) is 3.01. The molecule has 0 amide bonds. The largest absolute Gasteiger partial charge is 0.420 e. The van der Waals surface area contributed by atoms with E-state index < -0.39 is 0 Å². The molecule has 1 saturated carbocycles. The molecule has 1 aromatic carbocycles. The minimum absolute atomic E-state index is 0.281. The van der Waals surface area contributed by atoms with E-state index in [4.69, 9.17) is 4.42 Å². The van der Waals surface area contributed by atoms with Crippen LogP contribution in [0, 0.1) is 0 Å². The number of aromatic nitrogens is 1. The third-order valence-corrected chi connectivity index (χ3v) is 5.89. The van der Waals surface area contributed by atoms with Crippen LogP contribution in [0.4, 0.5) is 0 Å². The van der Waals surface area contributed by atoms with Gasteiger partial charge in [0.05, 0.1) is 5.52 Å². The normalized spacial score (nSPS) is 21.1. The first-order valence-corrected chi connectivity index (χ1v) is 10.0. The molecule has 140 valence electrons. The number of hydrogen-bond acceptors (Lipinski definition) is 4. The topological polar surface area (TPSA) is 41.6 Å². The lowest BCUT2D eigenvalue weighted by Gasteiger charge is -2.40. The van der Waals surface area contributed by atoms with Crippen molar-refractivity contribution in [2.45, 2.75) is 44.7 Å². The Labute approximate surface area is 154 Å². The van der Waals surface area contributed by atoms with E-state index in [9.17, 15) is 4.79 Å². The Balaban J connectivity index is 1.26. The summed E-state index contributed by atoms with van der Waals surface area (Å²) in [5.74, 6) is -0.281. The highest BCUT2D eigenvalue weighted by atomic mass is 16.4. The number of oxazole rings is 1. The monoisotopic (exact) mass is 355 g/mol. The Bertz CT molecular complexity index is 793. The molecule has 26 heavy (non-hydrogen) atoms. The van der Waals surface area contributed by atoms with E-state index in [1.165, 1.54) is 45.2 Å². The molecule has 2 aliphatic rings. The van der Waals surface area contributed by atoms with Crippen molar-refractivity contribution in [3.63, 3.8) is 0 Å². The van der Waals surface area contributed by atoms with Crippen LogP contribution in [0.3, 0.4) is 0 Å². The van der Waals surface area contributed by atoms with Gasteiger partial charge in [0.1, 0.15) is 0 Å². The SMILES string of the molecule is O=c1oc2ccccc2n1CC=CCN1CCN(C2CCCCC2)CC1. The number of hydrogen-bond donors (Lipinski definition) is 0. The molecule has 0 spiro atoms. The fourth-order valence-electron chi connectivity index (χ4n) is 4.35. The molecule has 0 bridgehead atoms. The van der Waals surface area contributed by atoms with Gasteiger partial charge in [-0.2, -0.15) is 0 Å². The van der Waals surface area contributed by atoms with Crippen LogP contribution in [0.15, 0.2) is 45.6 Å². The second kappa shape index (κ2) is 8.23. The van der Waals surface area contributed by atoms with Gasteiger partial charge in [-0.05, 0) is 25.0 Å². The molecular formula is C21H29N3O2. The van der Waals surface area contributed by atoms with Gasteiger partial charge in [-0.3, -0.25) is 14.4 Å². The molecular weight excluding hydrogens is 326 g/mol. The van der Waals surface area contributed by atoms with Gasteiger partial charge in [0.2, 0.25) is 0 Å². The maximum atomic E-state index is 12.0. The molecule has 0 unspecified atom stereocenters. The van der Waals surface area contributed by atoms with Crippen molar-refractivity contribution in [3.05, 3.63) is 47.0 Å². The summed E-state index contributed by atoms with van der Waals surface area (Å²) in [4.78, 5) is 17.2. The summed E-state index contributed by atoms with van der Waals surface area (Å²) in [6, 6.07) is 8.42. The highest BCUT2D eigenvalue weighted by molar-refractivity contribution is 5.72. The van der Waals surface area contributed by atoms with Crippen molar-refractivity contribution in [2.24, 2.45) is 0 Å². The Morgan fingerprint density at radius 2 is 1.69 bits per heavy atom. The molecule has 5 heteroatoms. The zero-order valence-electron chi connectivity index (χ0n) is 15.5. The third-order valence-electron chi connectivity index (χ3n) is 5.89. The Morgan fingerprint density at radius 3 is 2.50 bits per heavy atom. The van der Waals surface area contributed by atoms with Gasteiger partial charge >= 0.3 is 5.76 Å². The summed E-state index contributed by atoms with van der Waals surface area (Å²) in [5.41, 5.74) is 1.52. The summed E-state index contributed by atoms with van der Waals surface area (Å²) in [6.45, 7) is 6.22. The highest BCUT2D eigenvalue weighted by Gasteiger charge is 2.24. The van der Waals surface area contributed by atoms with Crippen LogP contribution in [0.2, 0.25) is 0 Å².